The second kappa shape index (κ2) is 11.5. The van der Waals surface area contributed by atoms with Crippen molar-refractivity contribution in [3.8, 4) is 0 Å². The average Bonchev–Trinajstić information content (AvgIpc) is 2.79. The first-order valence-electron chi connectivity index (χ1n) is 10.3. The van der Waals surface area contributed by atoms with Crippen LogP contribution in [0.25, 0.3) is 0 Å². The number of thioether (sulfide) groups is 1. The van der Waals surface area contributed by atoms with Crippen LogP contribution in [0, 0.1) is 0 Å². The zero-order valence-electron chi connectivity index (χ0n) is 17.9. The number of benzene rings is 3. The first-order chi connectivity index (χ1) is 15.9. The van der Waals surface area contributed by atoms with Gasteiger partial charge in [0, 0.05) is 22.7 Å². The quantitative estimate of drug-likeness (QED) is 0.313. The van der Waals surface area contributed by atoms with E-state index in [2.05, 4.69) is 10.6 Å². The number of amides is 2. The molecule has 3 aromatic carbocycles. The van der Waals surface area contributed by atoms with Crippen molar-refractivity contribution in [2.24, 2.45) is 0 Å². The standard InChI is InChI=1S/C25H23ClN2O4S/c1-2-7-22(29)27-17-10-6-11-19(14-17)33-23(16-8-4-3-5-9-16)24(30)28-18-12-13-21(26)20(15-18)25(31)32/h3-6,8-15,23H,2,7H2,1H3,(H,27,29)(H,28,30)(H,31,32). The fraction of sp³-hybridized carbons (Fsp3) is 0.160. The molecule has 0 saturated heterocycles. The molecule has 8 heteroatoms. The van der Waals surface area contributed by atoms with Crippen LogP contribution in [0.15, 0.2) is 77.7 Å². The maximum absolute atomic E-state index is 13.2. The number of hydrogen-bond donors (Lipinski definition) is 3. The molecule has 0 saturated carbocycles. The van der Waals surface area contributed by atoms with Crippen LogP contribution in [0.1, 0.15) is 40.9 Å². The van der Waals surface area contributed by atoms with Crippen molar-refractivity contribution >= 4 is 52.5 Å². The summed E-state index contributed by atoms with van der Waals surface area (Å²) in [6.45, 7) is 1.94. The Balaban J connectivity index is 1.85. The summed E-state index contributed by atoms with van der Waals surface area (Å²) in [4.78, 5) is 37.4. The molecule has 0 bridgehead atoms. The van der Waals surface area contributed by atoms with Crippen LogP contribution in [0.3, 0.4) is 0 Å². The Labute approximate surface area is 201 Å². The topological polar surface area (TPSA) is 95.5 Å². The SMILES string of the molecule is CCCC(=O)Nc1cccc(SC(C(=O)Nc2ccc(Cl)c(C(=O)O)c2)c2ccccc2)c1. The predicted octanol–water partition coefficient (Wildman–Crippen LogP) is 6.25. The Morgan fingerprint density at radius 2 is 1.67 bits per heavy atom. The zero-order valence-corrected chi connectivity index (χ0v) is 19.5. The van der Waals surface area contributed by atoms with E-state index in [1.54, 1.807) is 12.1 Å². The number of halogens is 1. The van der Waals surface area contributed by atoms with Gasteiger partial charge in [-0.05, 0) is 48.4 Å². The van der Waals surface area contributed by atoms with Crippen LogP contribution < -0.4 is 10.6 Å². The molecule has 0 heterocycles. The van der Waals surface area contributed by atoms with Crippen molar-refractivity contribution in [2.45, 2.75) is 29.9 Å². The van der Waals surface area contributed by atoms with Crippen LogP contribution in [0.4, 0.5) is 11.4 Å². The van der Waals surface area contributed by atoms with Gasteiger partial charge in [-0.1, -0.05) is 54.9 Å². The van der Waals surface area contributed by atoms with Crippen LogP contribution in [-0.4, -0.2) is 22.9 Å². The van der Waals surface area contributed by atoms with Gasteiger partial charge in [0.1, 0.15) is 5.25 Å². The van der Waals surface area contributed by atoms with Gasteiger partial charge in [0.15, 0.2) is 0 Å². The van der Waals surface area contributed by atoms with Gasteiger partial charge < -0.3 is 15.7 Å². The summed E-state index contributed by atoms with van der Waals surface area (Å²) in [7, 11) is 0. The summed E-state index contributed by atoms with van der Waals surface area (Å²) in [6, 6.07) is 20.9. The number of aromatic carboxylic acids is 1. The van der Waals surface area contributed by atoms with Gasteiger partial charge in [0.25, 0.3) is 0 Å². The molecule has 0 fully saturated rings. The molecule has 6 nitrogen and oxygen atoms in total. The number of nitrogens with one attached hydrogen (secondary N) is 2. The van der Waals surface area contributed by atoms with Gasteiger partial charge in [-0.2, -0.15) is 0 Å². The fourth-order valence-electron chi connectivity index (χ4n) is 3.11. The Morgan fingerprint density at radius 1 is 0.939 bits per heavy atom. The van der Waals surface area contributed by atoms with Crippen LogP contribution >= 0.6 is 23.4 Å². The molecule has 0 aromatic heterocycles. The zero-order chi connectivity index (χ0) is 23.8. The highest BCUT2D eigenvalue weighted by Crippen LogP contribution is 2.37. The monoisotopic (exact) mass is 482 g/mol. The molecule has 2 amide bonds. The Morgan fingerprint density at radius 3 is 2.36 bits per heavy atom. The van der Waals surface area contributed by atoms with E-state index < -0.39 is 11.2 Å². The lowest BCUT2D eigenvalue weighted by atomic mass is 10.1. The maximum Gasteiger partial charge on any atom is 0.337 e. The predicted molar refractivity (Wildman–Crippen MR) is 132 cm³/mol. The van der Waals surface area contributed by atoms with E-state index in [0.29, 0.717) is 17.8 Å². The molecule has 170 valence electrons. The Bertz CT molecular complexity index is 1150. The third-order valence-electron chi connectivity index (χ3n) is 4.65. The highest BCUT2D eigenvalue weighted by molar-refractivity contribution is 8.00. The normalized spacial score (nSPS) is 11.5. The molecule has 0 spiro atoms. The molecule has 0 aliphatic heterocycles. The largest absolute Gasteiger partial charge is 0.478 e. The van der Waals surface area contributed by atoms with Gasteiger partial charge >= 0.3 is 5.97 Å². The minimum Gasteiger partial charge on any atom is -0.478 e. The van der Waals surface area contributed by atoms with Crippen molar-refractivity contribution in [3.63, 3.8) is 0 Å². The molecule has 0 radical (unpaired) electrons. The lowest BCUT2D eigenvalue weighted by molar-refractivity contribution is -0.116. The molecular weight excluding hydrogens is 460 g/mol. The Hall–Kier alpha value is -3.29. The minimum absolute atomic E-state index is 0.0611. The fourth-order valence-corrected chi connectivity index (χ4v) is 4.39. The van der Waals surface area contributed by atoms with Crippen molar-refractivity contribution in [3.05, 3.63) is 88.9 Å². The summed E-state index contributed by atoms with van der Waals surface area (Å²) < 4.78 is 0. The van der Waals surface area contributed by atoms with Gasteiger partial charge in [-0.25, -0.2) is 4.79 Å². The van der Waals surface area contributed by atoms with Crippen molar-refractivity contribution in [1.82, 2.24) is 0 Å². The van der Waals surface area contributed by atoms with Crippen molar-refractivity contribution in [2.75, 3.05) is 10.6 Å². The lowest BCUT2D eigenvalue weighted by Crippen LogP contribution is -2.19. The van der Waals surface area contributed by atoms with Gasteiger partial charge in [-0.3, -0.25) is 9.59 Å². The molecule has 0 aliphatic rings. The van der Waals surface area contributed by atoms with E-state index in [0.717, 1.165) is 16.9 Å². The third-order valence-corrected chi connectivity index (χ3v) is 6.23. The first kappa shape index (κ1) is 24.4. The molecule has 0 aliphatic carbocycles. The molecule has 1 unspecified atom stereocenters. The number of carboxylic acids is 1. The van der Waals surface area contributed by atoms with E-state index in [-0.39, 0.29) is 22.4 Å². The van der Waals surface area contributed by atoms with E-state index in [1.807, 2.05) is 55.5 Å². The average molecular weight is 483 g/mol. The van der Waals surface area contributed by atoms with Crippen LogP contribution in [0.5, 0.6) is 0 Å². The number of carboxylic acid groups (broad SMARTS) is 1. The lowest BCUT2D eigenvalue weighted by Gasteiger charge is -2.18. The van der Waals surface area contributed by atoms with E-state index >= 15 is 0 Å². The molecule has 3 rings (SSSR count). The summed E-state index contributed by atoms with van der Waals surface area (Å²) in [5.74, 6) is -1.55. The second-order valence-corrected chi connectivity index (χ2v) is 8.81. The molecular formula is C25H23ClN2O4S. The van der Waals surface area contributed by atoms with Crippen molar-refractivity contribution < 1.29 is 19.5 Å². The first-order valence-corrected chi connectivity index (χ1v) is 11.6. The molecule has 33 heavy (non-hydrogen) atoms. The van der Waals surface area contributed by atoms with E-state index in [4.69, 9.17) is 11.6 Å². The summed E-state index contributed by atoms with van der Waals surface area (Å²) in [6.07, 6.45) is 1.19. The number of rotatable bonds is 9. The highest BCUT2D eigenvalue weighted by atomic mass is 35.5. The summed E-state index contributed by atoms with van der Waals surface area (Å²) >= 11 is 7.27. The summed E-state index contributed by atoms with van der Waals surface area (Å²) in [5.41, 5.74) is 1.69. The van der Waals surface area contributed by atoms with Gasteiger partial charge in [-0.15, -0.1) is 11.8 Å². The smallest absolute Gasteiger partial charge is 0.337 e. The van der Waals surface area contributed by atoms with Crippen LogP contribution in [-0.2, 0) is 9.59 Å². The Kier molecular flexibility index (Phi) is 8.52. The molecule has 3 aromatic rings. The number of anilines is 2. The van der Waals surface area contributed by atoms with E-state index in [9.17, 15) is 19.5 Å². The molecule has 3 N–H and O–H groups in total. The summed E-state index contributed by atoms with van der Waals surface area (Å²) in [5, 5.41) is 14.4. The number of hydrogen-bond acceptors (Lipinski definition) is 4. The number of carbonyl (C=O) groups excluding carboxylic acids is 2. The number of carbonyl (C=O) groups is 3. The minimum atomic E-state index is -1.17. The van der Waals surface area contributed by atoms with E-state index in [1.165, 1.54) is 23.9 Å². The maximum atomic E-state index is 13.2. The van der Waals surface area contributed by atoms with Gasteiger partial charge in [0.05, 0.1) is 10.6 Å². The van der Waals surface area contributed by atoms with Crippen LogP contribution in [0.2, 0.25) is 5.02 Å². The van der Waals surface area contributed by atoms with Gasteiger partial charge in [0.2, 0.25) is 11.8 Å². The molecule has 1 atom stereocenters. The highest BCUT2D eigenvalue weighted by Gasteiger charge is 2.23. The third kappa shape index (κ3) is 6.84. The van der Waals surface area contributed by atoms with Crippen molar-refractivity contribution in [1.29, 1.82) is 0 Å². The second-order valence-electron chi connectivity index (χ2n) is 7.22.